The zero-order chi connectivity index (χ0) is 14.0. The van der Waals surface area contributed by atoms with Gasteiger partial charge >= 0.3 is 5.97 Å². The van der Waals surface area contributed by atoms with Crippen molar-refractivity contribution in [2.75, 3.05) is 33.1 Å². The van der Waals surface area contributed by atoms with Crippen molar-refractivity contribution >= 4 is 16.0 Å². The number of unbranched alkanes of at least 4 members (excludes halogenated alkanes) is 2. The van der Waals surface area contributed by atoms with Gasteiger partial charge in [-0.1, -0.05) is 0 Å². The fourth-order valence-corrected chi connectivity index (χ4v) is 2.65. The van der Waals surface area contributed by atoms with Crippen molar-refractivity contribution in [1.29, 1.82) is 0 Å². The van der Waals surface area contributed by atoms with Gasteiger partial charge in [0.15, 0.2) is 0 Å². The zero-order valence-corrected chi connectivity index (χ0v) is 11.9. The quantitative estimate of drug-likeness (QED) is 0.462. The van der Waals surface area contributed by atoms with E-state index in [0.29, 0.717) is 13.0 Å². The fourth-order valence-electron chi connectivity index (χ4n) is 1.42. The summed E-state index contributed by atoms with van der Waals surface area (Å²) in [6, 6.07) is 0. The van der Waals surface area contributed by atoms with E-state index in [1.807, 2.05) is 0 Å². The highest BCUT2D eigenvalue weighted by atomic mass is 32.2. The third kappa shape index (κ3) is 7.62. The van der Waals surface area contributed by atoms with E-state index >= 15 is 0 Å². The summed E-state index contributed by atoms with van der Waals surface area (Å²) in [5, 5.41) is 8.61. The number of carbonyl (C=O) groups excluding carboxylic acids is 1. The Balaban J connectivity index is 3.92. The van der Waals surface area contributed by atoms with Crippen molar-refractivity contribution < 1.29 is 23.1 Å². The Morgan fingerprint density at radius 1 is 1.22 bits per heavy atom. The number of hydrogen-bond acceptors (Lipinski definition) is 5. The molecule has 0 spiro atoms. The molecule has 0 bridgehead atoms. The van der Waals surface area contributed by atoms with Crippen LogP contribution < -0.4 is 0 Å². The Morgan fingerprint density at radius 2 is 1.89 bits per heavy atom. The van der Waals surface area contributed by atoms with Crippen LogP contribution in [0.3, 0.4) is 0 Å². The summed E-state index contributed by atoms with van der Waals surface area (Å²) in [5.74, 6) is -0.436. The second kappa shape index (κ2) is 9.29. The molecule has 1 N–H and O–H groups in total. The molecule has 108 valence electrons. The maximum absolute atomic E-state index is 11.8. The summed E-state index contributed by atoms with van der Waals surface area (Å²) in [7, 11) is -0.472. The number of methoxy groups -OCH3 is 1. The summed E-state index contributed by atoms with van der Waals surface area (Å²) in [4.78, 5) is 10.9. The number of carbonyl (C=O) groups is 1. The summed E-state index contributed by atoms with van der Waals surface area (Å²) < 4.78 is 29.3. The van der Waals surface area contributed by atoms with Crippen LogP contribution in [-0.4, -0.2) is 56.9 Å². The summed E-state index contributed by atoms with van der Waals surface area (Å²) in [6.45, 7) is 0.580. The molecule has 0 aliphatic heterocycles. The fraction of sp³-hybridized carbons (Fsp3) is 0.909. The SMILES string of the molecule is COC(=O)CCCS(=O)(=O)N(C)CCCCCO. The van der Waals surface area contributed by atoms with Crippen molar-refractivity contribution in [1.82, 2.24) is 4.31 Å². The molecule has 0 aromatic heterocycles. The van der Waals surface area contributed by atoms with Gasteiger partial charge in [0.05, 0.1) is 12.9 Å². The van der Waals surface area contributed by atoms with Crippen molar-refractivity contribution in [3.8, 4) is 0 Å². The lowest BCUT2D eigenvalue weighted by molar-refractivity contribution is -0.140. The van der Waals surface area contributed by atoms with Crippen LogP contribution in [0.2, 0.25) is 0 Å². The molecule has 0 saturated heterocycles. The average Bonchev–Trinajstić information content (AvgIpc) is 2.33. The number of rotatable bonds is 10. The first kappa shape index (κ1) is 17.3. The van der Waals surface area contributed by atoms with Crippen molar-refractivity contribution in [3.05, 3.63) is 0 Å². The molecule has 7 heteroatoms. The molecular formula is C11H23NO5S. The highest BCUT2D eigenvalue weighted by Crippen LogP contribution is 2.06. The van der Waals surface area contributed by atoms with Gasteiger partial charge in [-0.05, 0) is 25.7 Å². The summed E-state index contributed by atoms with van der Waals surface area (Å²) in [6.07, 6.45) is 2.62. The number of hydrogen-bond donors (Lipinski definition) is 1. The number of aliphatic hydroxyl groups excluding tert-OH is 1. The third-order valence-corrected chi connectivity index (χ3v) is 4.55. The van der Waals surface area contributed by atoms with Gasteiger partial charge in [-0.15, -0.1) is 0 Å². The molecule has 0 aliphatic carbocycles. The topological polar surface area (TPSA) is 83.9 Å². The number of ether oxygens (including phenoxy) is 1. The van der Waals surface area contributed by atoms with E-state index < -0.39 is 16.0 Å². The first-order valence-electron chi connectivity index (χ1n) is 6.05. The summed E-state index contributed by atoms with van der Waals surface area (Å²) in [5.41, 5.74) is 0. The maximum Gasteiger partial charge on any atom is 0.305 e. The van der Waals surface area contributed by atoms with E-state index in [-0.39, 0.29) is 25.2 Å². The van der Waals surface area contributed by atoms with E-state index in [0.717, 1.165) is 12.8 Å². The molecule has 0 amide bonds. The molecule has 0 aliphatic rings. The van der Waals surface area contributed by atoms with Crippen LogP contribution >= 0.6 is 0 Å². The Hall–Kier alpha value is -0.660. The first-order chi connectivity index (χ1) is 8.44. The standard InChI is InChI=1S/C11H23NO5S/c1-12(8-4-3-5-9-13)18(15,16)10-6-7-11(14)17-2/h13H,3-10H2,1-2H3. The van der Waals surface area contributed by atoms with E-state index in [1.54, 1.807) is 0 Å². The van der Waals surface area contributed by atoms with E-state index in [1.165, 1.54) is 18.5 Å². The van der Waals surface area contributed by atoms with Crippen LogP contribution in [0, 0.1) is 0 Å². The minimum absolute atomic E-state index is 0.0431. The highest BCUT2D eigenvalue weighted by Gasteiger charge is 2.17. The molecule has 0 rings (SSSR count). The number of nitrogens with zero attached hydrogens (tertiary/aromatic N) is 1. The van der Waals surface area contributed by atoms with E-state index in [2.05, 4.69) is 4.74 Å². The normalized spacial score (nSPS) is 11.8. The van der Waals surface area contributed by atoms with Crippen molar-refractivity contribution in [3.63, 3.8) is 0 Å². The lowest BCUT2D eigenvalue weighted by Gasteiger charge is -2.16. The van der Waals surface area contributed by atoms with Crippen LogP contribution in [0.25, 0.3) is 0 Å². The molecule has 0 unspecified atom stereocenters. The minimum atomic E-state index is -3.29. The predicted octanol–water partition coefficient (Wildman–Crippen LogP) is 0.364. The molecule has 0 atom stereocenters. The van der Waals surface area contributed by atoms with E-state index in [4.69, 9.17) is 5.11 Å². The van der Waals surface area contributed by atoms with Crippen LogP contribution in [0.1, 0.15) is 32.1 Å². The van der Waals surface area contributed by atoms with Crippen molar-refractivity contribution in [2.24, 2.45) is 0 Å². The van der Waals surface area contributed by atoms with Gasteiger partial charge in [-0.25, -0.2) is 12.7 Å². The van der Waals surface area contributed by atoms with Crippen LogP contribution in [0.4, 0.5) is 0 Å². The Bertz CT molecular complexity index is 328. The molecule has 0 radical (unpaired) electrons. The van der Waals surface area contributed by atoms with Crippen LogP contribution in [0.15, 0.2) is 0 Å². The predicted molar refractivity (Wildman–Crippen MR) is 68.6 cm³/mol. The molecule has 0 fully saturated rings. The monoisotopic (exact) mass is 281 g/mol. The number of aliphatic hydroxyl groups is 1. The molecule has 18 heavy (non-hydrogen) atoms. The smallest absolute Gasteiger partial charge is 0.305 e. The zero-order valence-electron chi connectivity index (χ0n) is 11.1. The molecule has 6 nitrogen and oxygen atoms in total. The molecular weight excluding hydrogens is 258 g/mol. The molecule has 0 aromatic carbocycles. The molecule has 0 saturated carbocycles. The second-order valence-corrected chi connectivity index (χ2v) is 6.30. The largest absolute Gasteiger partial charge is 0.469 e. The van der Waals surface area contributed by atoms with Gasteiger partial charge in [0.2, 0.25) is 10.0 Å². The third-order valence-electron chi connectivity index (χ3n) is 2.62. The van der Waals surface area contributed by atoms with Crippen LogP contribution in [-0.2, 0) is 19.6 Å². The van der Waals surface area contributed by atoms with Crippen molar-refractivity contribution in [2.45, 2.75) is 32.1 Å². The first-order valence-corrected chi connectivity index (χ1v) is 7.66. The average molecular weight is 281 g/mol. The second-order valence-electron chi connectivity index (χ2n) is 4.10. The van der Waals surface area contributed by atoms with Crippen LogP contribution in [0.5, 0.6) is 0 Å². The molecule has 0 aromatic rings. The van der Waals surface area contributed by atoms with Gasteiger partial charge in [-0.2, -0.15) is 0 Å². The molecule has 0 heterocycles. The van der Waals surface area contributed by atoms with Gasteiger partial charge in [0.1, 0.15) is 0 Å². The summed E-state index contributed by atoms with van der Waals surface area (Å²) >= 11 is 0. The van der Waals surface area contributed by atoms with Gasteiger partial charge in [0.25, 0.3) is 0 Å². The van der Waals surface area contributed by atoms with E-state index in [9.17, 15) is 13.2 Å². The van der Waals surface area contributed by atoms with Gasteiger partial charge in [0, 0.05) is 26.6 Å². The number of esters is 1. The Labute approximate surface area is 109 Å². The van der Waals surface area contributed by atoms with Gasteiger partial charge < -0.3 is 9.84 Å². The number of sulfonamides is 1. The lowest BCUT2D eigenvalue weighted by atomic mass is 10.2. The maximum atomic E-state index is 11.8. The lowest BCUT2D eigenvalue weighted by Crippen LogP contribution is -2.30. The van der Waals surface area contributed by atoms with Gasteiger partial charge in [-0.3, -0.25) is 4.79 Å². The Kier molecular flexibility index (Phi) is 8.95. The Morgan fingerprint density at radius 3 is 2.44 bits per heavy atom. The minimum Gasteiger partial charge on any atom is -0.469 e. The highest BCUT2D eigenvalue weighted by molar-refractivity contribution is 7.89.